The van der Waals surface area contributed by atoms with E-state index in [1.54, 1.807) is 0 Å². The summed E-state index contributed by atoms with van der Waals surface area (Å²) in [6, 6.07) is 25.7. The molecule has 0 unspecified atom stereocenters. The van der Waals surface area contributed by atoms with Gasteiger partial charge in [-0.15, -0.1) is 0 Å². The van der Waals surface area contributed by atoms with Gasteiger partial charge in [-0.1, -0.05) is 66.7 Å². The van der Waals surface area contributed by atoms with Gasteiger partial charge in [-0.25, -0.2) is 4.98 Å². The van der Waals surface area contributed by atoms with Gasteiger partial charge in [0.2, 0.25) is 0 Å². The monoisotopic (exact) mass is 419 g/mol. The van der Waals surface area contributed by atoms with Gasteiger partial charge >= 0.3 is 7.12 Å². The molecule has 3 nitrogen and oxygen atoms in total. The minimum atomic E-state index is -0.356. The summed E-state index contributed by atoms with van der Waals surface area (Å²) in [7, 11) is -0.356. The SMILES string of the molecule is CC1(C)OB(c2ccc(-c3nc4ccccc4c4c3-c3ccccc3C4)cc2)OC1(C)C. The molecular formula is C28H26BNO2. The Kier molecular flexibility index (Phi) is 4.17. The molecule has 0 N–H and O–H groups in total. The third kappa shape index (κ3) is 2.87. The van der Waals surface area contributed by atoms with E-state index in [0.717, 1.165) is 28.7 Å². The van der Waals surface area contributed by atoms with Gasteiger partial charge in [0, 0.05) is 16.5 Å². The normalized spacial score (nSPS) is 18.1. The lowest BCUT2D eigenvalue weighted by Gasteiger charge is -2.32. The molecule has 4 heteroatoms. The van der Waals surface area contributed by atoms with Crippen LogP contribution in [-0.4, -0.2) is 23.3 Å². The second-order valence-corrected chi connectivity index (χ2v) is 9.88. The first kappa shape index (κ1) is 19.7. The molecular weight excluding hydrogens is 393 g/mol. The average molecular weight is 419 g/mol. The third-order valence-electron chi connectivity index (χ3n) is 7.36. The predicted molar refractivity (Wildman–Crippen MR) is 131 cm³/mol. The molecule has 2 aliphatic rings. The zero-order valence-corrected chi connectivity index (χ0v) is 19.0. The van der Waals surface area contributed by atoms with Crippen LogP contribution in [-0.2, 0) is 15.7 Å². The Bertz CT molecular complexity index is 1340. The second-order valence-electron chi connectivity index (χ2n) is 9.88. The Hall–Kier alpha value is -2.95. The molecule has 158 valence electrons. The maximum absolute atomic E-state index is 6.24. The van der Waals surface area contributed by atoms with Gasteiger partial charge in [0.05, 0.1) is 22.4 Å². The van der Waals surface area contributed by atoms with Gasteiger partial charge in [0.25, 0.3) is 0 Å². The highest BCUT2D eigenvalue weighted by molar-refractivity contribution is 6.62. The minimum Gasteiger partial charge on any atom is -0.399 e. The molecule has 0 bridgehead atoms. The number of para-hydroxylation sites is 1. The lowest BCUT2D eigenvalue weighted by Crippen LogP contribution is -2.41. The van der Waals surface area contributed by atoms with E-state index in [-0.39, 0.29) is 18.3 Å². The van der Waals surface area contributed by atoms with Crippen LogP contribution in [0, 0.1) is 0 Å². The van der Waals surface area contributed by atoms with Crippen LogP contribution in [0.2, 0.25) is 0 Å². The number of nitrogens with zero attached hydrogens (tertiary/aromatic N) is 1. The van der Waals surface area contributed by atoms with Crippen molar-refractivity contribution >= 4 is 23.5 Å². The van der Waals surface area contributed by atoms with Crippen LogP contribution >= 0.6 is 0 Å². The summed E-state index contributed by atoms with van der Waals surface area (Å²) in [5.41, 5.74) is 8.86. The first-order valence-electron chi connectivity index (χ1n) is 11.3. The zero-order chi connectivity index (χ0) is 22.1. The molecule has 0 atom stereocenters. The van der Waals surface area contributed by atoms with E-state index >= 15 is 0 Å². The molecule has 1 aromatic heterocycles. The van der Waals surface area contributed by atoms with E-state index in [0.29, 0.717) is 0 Å². The van der Waals surface area contributed by atoms with E-state index in [9.17, 15) is 0 Å². The maximum Gasteiger partial charge on any atom is 0.494 e. The first-order chi connectivity index (χ1) is 15.3. The van der Waals surface area contributed by atoms with Crippen molar-refractivity contribution in [3.05, 3.63) is 83.9 Å². The molecule has 4 aromatic rings. The number of rotatable bonds is 2. The number of pyridine rings is 1. The Labute approximate surface area is 189 Å². The molecule has 6 rings (SSSR count). The lowest BCUT2D eigenvalue weighted by molar-refractivity contribution is 0.00578. The predicted octanol–water partition coefficient (Wildman–Crippen LogP) is 5.77. The zero-order valence-electron chi connectivity index (χ0n) is 19.0. The van der Waals surface area contributed by atoms with Crippen molar-refractivity contribution in [2.24, 2.45) is 0 Å². The Morgan fingerprint density at radius 1 is 0.781 bits per heavy atom. The van der Waals surface area contributed by atoms with E-state index in [1.807, 2.05) is 0 Å². The van der Waals surface area contributed by atoms with Crippen molar-refractivity contribution in [2.45, 2.75) is 45.3 Å². The van der Waals surface area contributed by atoms with E-state index in [2.05, 4.69) is 100 Å². The number of hydrogen-bond acceptors (Lipinski definition) is 3. The third-order valence-corrected chi connectivity index (χ3v) is 7.36. The molecule has 3 aromatic carbocycles. The lowest BCUT2D eigenvalue weighted by atomic mass is 9.78. The summed E-state index contributed by atoms with van der Waals surface area (Å²) >= 11 is 0. The Balaban J connectivity index is 1.46. The van der Waals surface area contributed by atoms with Gasteiger partial charge in [-0.3, -0.25) is 0 Å². The fourth-order valence-corrected chi connectivity index (χ4v) is 4.85. The van der Waals surface area contributed by atoms with Crippen molar-refractivity contribution in [3.8, 4) is 22.4 Å². The number of fused-ring (bicyclic) bond motifs is 5. The Morgan fingerprint density at radius 3 is 2.19 bits per heavy atom. The van der Waals surface area contributed by atoms with Gasteiger partial charge < -0.3 is 9.31 Å². The summed E-state index contributed by atoms with van der Waals surface area (Å²) in [4.78, 5) is 5.13. The van der Waals surface area contributed by atoms with Crippen LogP contribution in [0.25, 0.3) is 33.3 Å². The molecule has 1 aliphatic heterocycles. The number of hydrogen-bond donors (Lipinski definition) is 0. The van der Waals surface area contributed by atoms with Crippen LogP contribution in [0.15, 0.2) is 72.8 Å². The summed E-state index contributed by atoms with van der Waals surface area (Å²) < 4.78 is 12.5. The summed E-state index contributed by atoms with van der Waals surface area (Å²) in [5.74, 6) is 0. The van der Waals surface area contributed by atoms with Crippen LogP contribution in [0.1, 0.15) is 38.8 Å². The molecule has 32 heavy (non-hydrogen) atoms. The highest BCUT2D eigenvalue weighted by atomic mass is 16.7. The fourth-order valence-electron chi connectivity index (χ4n) is 4.85. The number of benzene rings is 3. The molecule has 2 heterocycles. The number of aromatic nitrogens is 1. The molecule has 0 spiro atoms. The van der Waals surface area contributed by atoms with E-state index in [4.69, 9.17) is 14.3 Å². The Morgan fingerprint density at radius 2 is 1.44 bits per heavy atom. The maximum atomic E-state index is 6.24. The van der Waals surface area contributed by atoms with Gasteiger partial charge in [-0.2, -0.15) is 0 Å². The van der Waals surface area contributed by atoms with Gasteiger partial charge in [0.1, 0.15) is 0 Å². The van der Waals surface area contributed by atoms with Crippen molar-refractivity contribution < 1.29 is 9.31 Å². The van der Waals surface area contributed by atoms with E-state index in [1.165, 1.54) is 27.6 Å². The quantitative estimate of drug-likeness (QED) is 0.341. The summed E-state index contributed by atoms with van der Waals surface area (Å²) in [6.45, 7) is 8.34. The minimum absolute atomic E-state index is 0.346. The van der Waals surface area contributed by atoms with Crippen LogP contribution < -0.4 is 5.46 Å². The highest BCUT2D eigenvalue weighted by Crippen LogP contribution is 2.45. The van der Waals surface area contributed by atoms with Crippen LogP contribution in [0.4, 0.5) is 0 Å². The standard InChI is InChI=1S/C28H26BNO2/c1-27(2)28(3,4)32-29(31-27)20-15-13-18(14-16-20)26-25-21-10-6-5-9-19(21)17-23(25)22-11-7-8-12-24(22)30-26/h5-16H,17H2,1-4H3. The fraction of sp³-hybridized carbons (Fsp3) is 0.250. The largest absolute Gasteiger partial charge is 0.494 e. The van der Waals surface area contributed by atoms with E-state index < -0.39 is 0 Å². The van der Waals surface area contributed by atoms with Crippen LogP contribution in [0.3, 0.4) is 0 Å². The first-order valence-corrected chi connectivity index (χ1v) is 11.3. The second kappa shape index (κ2) is 6.78. The summed E-state index contributed by atoms with van der Waals surface area (Å²) in [5, 5.41) is 1.25. The molecule has 1 fully saturated rings. The summed E-state index contributed by atoms with van der Waals surface area (Å²) in [6.07, 6.45) is 0.952. The highest BCUT2D eigenvalue weighted by Gasteiger charge is 2.51. The van der Waals surface area contributed by atoms with Crippen molar-refractivity contribution in [1.82, 2.24) is 4.98 Å². The van der Waals surface area contributed by atoms with Crippen molar-refractivity contribution in [3.63, 3.8) is 0 Å². The van der Waals surface area contributed by atoms with Crippen molar-refractivity contribution in [2.75, 3.05) is 0 Å². The molecule has 0 saturated carbocycles. The van der Waals surface area contributed by atoms with Crippen LogP contribution in [0.5, 0.6) is 0 Å². The average Bonchev–Trinajstić information content (AvgIpc) is 3.27. The van der Waals surface area contributed by atoms with Gasteiger partial charge in [-0.05, 0) is 62.3 Å². The molecule has 1 aliphatic carbocycles. The van der Waals surface area contributed by atoms with Gasteiger partial charge in [0.15, 0.2) is 0 Å². The topological polar surface area (TPSA) is 31.4 Å². The molecule has 1 saturated heterocycles. The smallest absolute Gasteiger partial charge is 0.399 e. The molecule has 0 radical (unpaired) electrons. The van der Waals surface area contributed by atoms with Crippen molar-refractivity contribution in [1.29, 1.82) is 0 Å². The molecule has 0 amide bonds.